The lowest BCUT2D eigenvalue weighted by molar-refractivity contribution is 0.687. The van der Waals surface area contributed by atoms with Crippen LogP contribution in [0.15, 0.2) is 18.2 Å². The molecule has 104 valence electrons. The Labute approximate surface area is 124 Å². The summed E-state index contributed by atoms with van der Waals surface area (Å²) in [6.45, 7) is 3.19. The molecule has 2 fully saturated rings. The van der Waals surface area contributed by atoms with Crippen LogP contribution in [0, 0.1) is 0 Å². The van der Waals surface area contributed by atoms with Crippen molar-refractivity contribution < 1.29 is 0 Å². The van der Waals surface area contributed by atoms with Gasteiger partial charge in [-0.2, -0.15) is 11.8 Å². The maximum Gasteiger partial charge on any atom is 0.0642 e. The van der Waals surface area contributed by atoms with Crippen LogP contribution in [0.4, 0.5) is 5.69 Å². The van der Waals surface area contributed by atoms with Gasteiger partial charge in [0.25, 0.3) is 0 Å². The van der Waals surface area contributed by atoms with Crippen molar-refractivity contribution in [1.82, 2.24) is 5.32 Å². The number of nitrogens with one attached hydrogen (secondary N) is 1. The van der Waals surface area contributed by atoms with E-state index in [1.54, 1.807) is 0 Å². The standard InChI is InChI=1S/C15H21ClN2S/c16-14-10-12(11-17-13-3-4-13)2-5-15(14)18-6-1-8-19-9-7-18/h2,5,10,13,17H,1,3-4,6-9,11H2. The van der Waals surface area contributed by atoms with Gasteiger partial charge in [0.1, 0.15) is 0 Å². The van der Waals surface area contributed by atoms with Crippen LogP contribution < -0.4 is 10.2 Å². The zero-order chi connectivity index (χ0) is 13.1. The van der Waals surface area contributed by atoms with E-state index in [0.717, 1.165) is 30.7 Å². The zero-order valence-corrected chi connectivity index (χ0v) is 12.8. The second-order valence-corrected chi connectivity index (χ2v) is 7.03. The van der Waals surface area contributed by atoms with Gasteiger partial charge >= 0.3 is 0 Å². The van der Waals surface area contributed by atoms with E-state index in [9.17, 15) is 0 Å². The average molecular weight is 297 g/mol. The number of nitrogens with zero attached hydrogens (tertiary/aromatic N) is 1. The Balaban J connectivity index is 1.66. The van der Waals surface area contributed by atoms with Gasteiger partial charge in [-0.1, -0.05) is 17.7 Å². The fourth-order valence-electron chi connectivity index (χ4n) is 2.45. The molecule has 1 aromatic rings. The summed E-state index contributed by atoms with van der Waals surface area (Å²) in [5.41, 5.74) is 2.50. The molecule has 0 bridgehead atoms. The Bertz CT molecular complexity index is 426. The van der Waals surface area contributed by atoms with Crippen molar-refractivity contribution in [2.75, 3.05) is 29.5 Å². The minimum atomic E-state index is 0.751. The quantitative estimate of drug-likeness (QED) is 0.915. The first kappa shape index (κ1) is 13.6. The van der Waals surface area contributed by atoms with Gasteiger partial charge in [0.05, 0.1) is 10.7 Å². The van der Waals surface area contributed by atoms with Crippen LogP contribution in [0.25, 0.3) is 0 Å². The molecule has 1 aliphatic carbocycles. The number of thioether (sulfide) groups is 1. The van der Waals surface area contributed by atoms with E-state index in [0.29, 0.717) is 0 Å². The highest BCUT2D eigenvalue weighted by Crippen LogP contribution is 2.29. The molecule has 1 saturated carbocycles. The highest BCUT2D eigenvalue weighted by atomic mass is 35.5. The summed E-state index contributed by atoms with van der Waals surface area (Å²) in [4.78, 5) is 2.43. The van der Waals surface area contributed by atoms with E-state index in [-0.39, 0.29) is 0 Å². The summed E-state index contributed by atoms with van der Waals surface area (Å²) in [7, 11) is 0. The first-order valence-corrected chi connectivity index (χ1v) is 8.71. The highest BCUT2D eigenvalue weighted by molar-refractivity contribution is 7.99. The summed E-state index contributed by atoms with van der Waals surface area (Å²) >= 11 is 8.52. The molecule has 1 saturated heterocycles. The second kappa shape index (κ2) is 6.38. The van der Waals surface area contributed by atoms with Gasteiger partial charge in [-0.3, -0.25) is 0 Å². The lowest BCUT2D eigenvalue weighted by atomic mass is 10.2. The first-order valence-electron chi connectivity index (χ1n) is 7.17. The number of anilines is 1. The molecule has 0 atom stereocenters. The van der Waals surface area contributed by atoms with E-state index in [1.807, 2.05) is 11.8 Å². The number of rotatable bonds is 4. The predicted molar refractivity (Wildman–Crippen MR) is 85.5 cm³/mol. The van der Waals surface area contributed by atoms with Gasteiger partial charge in [-0.05, 0) is 42.7 Å². The van der Waals surface area contributed by atoms with Crippen molar-refractivity contribution >= 4 is 29.1 Å². The van der Waals surface area contributed by atoms with Gasteiger partial charge in [0, 0.05) is 31.4 Å². The largest absolute Gasteiger partial charge is 0.369 e. The van der Waals surface area contributed by atoms with Crippen molar-refractivity contribution in [3.05, 3.63) is 28.8 Å². The Hall–Kier alpha value is -0.380. The zero-order valence-electron chi connectivity index (χ0n) is 11.2. The van der Waals surface area contributed by atoms with Gasteiger partial charge < -0.3 is 10.2 Å². The molecule has 1 aromatic carbocycles. The molecular formula is C15H21ClN2S. The normalized spacial score (nSPS) is 20.4. The van der Waals surface area contributed by atoms with Gasteiger partial charge in [0.2, 0.25) is 0 Å². The van der Waals surface area contributed by atoms with Crippen molar-refractivity contribution in [3.8, 4) is 0 Å². The monoisotopic (exact) mass is 296 g/mol. The first-order chi connectivity index (χ1) is 9.33. The SMILES string of the molecule is Clc1cc(CNC2CC2)ccc1N1CCCSCC1. The van der Waals surface area contributed by atoms with Crippen LogP contribution in [0.3, 0.4) is 0 Å². The van der Waals surface area contributed by atoms with Gasteiger partial charge in [-0.15, -0.1) is 0 Å². The van der Waals surface area contributed by atoms with Crippen LogP contribution in [0.5, 0.6) is 0 Å². The Morgan fingerprint density at radius 3 is 2.95 bits per heavy atom. The van der Waals surface area contributed by atoms with Gasteiger partial charge in [-0.25, -0.2) is 0 Å². The third kappa shape index (κ3) is 3.80. The van der Waals surface area contributed by atoms with E-state index in [4.69, 9.17) is 11.6 Å². The van der Waals surface area contributed by atoms with Crippen molar-refractivity contribution in [1.29, 1.82) is 0 Å². The lowest BCUT2D eigenvalue weighted by Gasteiger charge is -2.24. The molecule has 1 N–H and O–H groups in total. The summed E-state index contributed by atoms with van der Waals surface area (Å²) < 4.78 is 0. The summed E-state index contributed by atoms with van der Waals surface area (Å²) in [5.74, 6) is 2.48. The van der Waals surface area contributed by atoms with Crippen molar-refractivity contribution in [2.45, 2.75) is 31.8 Å². The molecule has 19 heavy (non-hydrogen) atoms. The molecule has 0 aromatic heterocycles. The lowest BCUT2D eigenvalue weighted by Crippen LogP contribution is -2.25. The molecule has 0 amide bonds. The maximum absolute atomic E-state index is 6.47. The van der Waals surface area contributed by atoms with Gasteiger partial charge in [0.15, 0.2) is 0 Å². The number of hydrogen-bond donors (Lipinski definition) is 1. The molecule has 4 heteroatoms. The third-order valence-electron chi connectivity index (χ3n) is 3.75. The topological polar surface area (TPSA) is 15.3 Å². The fraction of sp³-hybridized carbons (Fsp3) is 0.600. The van der Waals surface area contributed by atoms with Crippen LogP contribution in [-0.2, 0) is 6.54 Å². The molecule has 1 aliphatic heterocycles. The molecule has 2 nitrogen and oxygen atoms in total. The van der Waals surface area contributed by atoms with Crippen molar-refractivity contribution in [2.24, 2.45) is 0 Å². The van der Waals surface area contributed by atoms with Crippen LogP contribution in [0.1, 0.15) is 24.8 Å². The van der Waals surface area contributed by atoms with Crippen LogP contribution in [0.2, 0.25) is 5.02 Å². The van der Waals surface area contributed by atoms with E-state index < -0.39 is 0 Å². The number of benzene rings is 1. The summed E-state index contributed by atoms with van der Waals surface area (Å²) in [6, 6.07) is 7.29. The smallest absolute Gasteiger partial charge is 0.0642 e. The van der Waals surface area contributed by atoms with Crippen LogP contribution in [-0.4, -0.2) is 30.6 Å². The van der Waals surface area contributed by atoms with E-state index >= 15 is 0 Å². The molecular weight excluding hydrogens is 276 g/mol. The molecule has 3 rings (SSSR count). The number of halogens is 1. The minimum Gasteiger partial charge on any atom is -0.369 e. The molecule has 1 heterocycles. The Kier molecular flexibility index (Phi) is 4.57. The van der Waals surface area contributed by atoms with E-state index in [1.165, 1.54) is 42.0 Å². The highest BCUT2D eigenvalue weighted by Gasteiger charge is 2.20. The second-order valence-electron chi connectivity index (χ2n) is 5.39. The predicted octanol–water partition coefficient (Wildman–Crippen LogP) is 3.54. The average Bonchev–Trinajstić information content (AvgIpc) is 3.24. The molecule has 0 radical (unpaired) electrons. The Morgan fingerprint density at radius 1 is 1.26 bits per heavy atom. The summed E-state index contributed by atoms with van der Waals surface area (Å²) in [5, 5.41) is 4.44. The molecule has 2 aliphatic rings. The third-order valence-corrected chi connectivity index (χ3v) is 5.10. The van der Waals surface area contributed by atoms with E-state index in [2.05, 4.69) is 28.4 Å². The van der Waals surface area contributed by atoms with Crippen molar-refractivity contribution in [3.63, 3.8) is 0 Å². The molecule has 0 spiro atoms. The molecule has 0 unspecified atom stereocenters. The minimum absolute atomic E-state index is 0.751. The summed E-state index contributed by atoms with van der Waals surface area (Å²) in [6.07, 6.45) is 3.92. The Morgan fingerprint density at radius 2 is 2.16 bits per heavy atom. The van der Waals surface area contributed by atoms with Crippen LogP contribution >= 0.6 is 23.4 Å². The maximum atomic E-state index is 6.47. The number of hydrogen-bond acceptors (Lipinski definition) is 3. The fourth-order valence-corrected chi connectivity index (χ4v) is 3.66.